The van der Waals surface area contributed by atoms with Crippen LogP contribution in [0.2, 0.25) is 0 Å². The van der Waals surface area contributed by atoms with E-state index in [0.29, 0.717) is 24.7 Å². The fourth-order valence-corrected chi connectivity index (χ4v) is 10.3. The molecule has 296 valence electrons. The van der Waals surface area contributed by atoms with Gasteiger partial charge >= 0.3 is 0 Å². The summed E-state index contributed by atoms with van der Waals surface area (Å²) in [5, 5.41) is 0. The van der Waals surface area contributed by atoms with Crippen LogP contribution in [0.25, 0.3) is 0 Å². The number of hydrogen-bond donors (Lipinski definition) is 0. The molecule has 8 bridgehead atoms. The Morgan fingerprint density at radius 2 is 0.464 bits per heavy atom. The minimum Gasteiger partial charge on any atom is -0.281 e. The zero-order valence-corrected chi connectivity index (χ0v) is 33.1. The standard InChI is InChI=1S/2C22H30N6/c2*1-3-9-23-19(7-1)21-25-11-5-12-26(21)16-18-28-14-6-13-27(17-15-25)22(28)20-8-2-4-10-24-20/h2*1-4,7-10,21-22H,5-6,11-18H2. The molecule has 10 heterocycles. The molecular weight excluding hydrogens is 697 g/mol. The molecule has 6 aliphatic rings. The fraction of sp³-hybridized carbons (Fsp3) is 0.545. The summed E-state index contributed by atoms with van der Waals surface area (Å²) in [6.07, 6.45) is 14.0. The number of nitrogens with zero attached hydrogens (tertiary/aromatic N) is 12. The van der Waals surface area contributed by atoms with Crippen LogP contribution in [0, 0.1) is 0 Å². The van der Waals surface area contributed by atoms with E-state index in [1.165, 1.54) is 48.5 Å². The zero-order chi connectivity index (χ0) is 37.5. The Morgan fingerprint density at radius 3 is 0.625 bits per heavy atom. The van der Waals surface area contributed by atoms with Gasteiger partial charge in [-0.25, -0.2) is 0 Å². The zero-order valence-electron chi connectivity index (χ0n) is 33.1. The molecule has 10 rings (SSSR count). The first-order valence-corrected chi connectivity index (χ1v) is 21.4. The molecule has 0 radical (unpaired) electrons. The van der Waals surface area contributed by atoms with Crippen molar-refractivity contribution in [2.75, 3.05) is 105 Å². The summed E-state index contributed by atoms with van der Waals surface area (Å²) in [5.41, 5.74) is 4.77. The predicted molar refractivity (Wildman–Crippen MR) is 219 cm³/mol. The molecule has 56 heavy (non-hydrogen) atoms. The second-order valence-corrected chi connectivity index (χ2v) is 16.2. The molecule has 12 heteroatoms. The molecule has 0 amide bonds. The average Bonchev–Trinajstić information content (AvgIpc) is 3.27. The molecule has 12 nitrogen and oxygen atoms in total. The van der Waals surface area contributed by atoms with Crippen LogP contribution in [0.4, 0.5) is 0 Å². The average molecular weight is 757 g/mol. The molecule has 4 aromatic heterocycles. The van der Waals surface area contributed by atoms with E-state index in [2.05, 4.69) is 87.7 Å². The van der Waals surface area contributed by atoms with Crippen LogP contribution in [0.15, 0.2) is 97.6 Å². The van der Waals surface area contributed by atoms with Crippen molar-refractivity contribution >= 4 is 0 Å². The third-order valence-corrected chi connectivity index (χ3v) is 12.8. The highest BCUT2D eigenvalue weighted by Gasteiger charge is 2.39. The molecule has 0 spiro atoms. The van der Waals surface area contributed by atoms with E-state index in [-0.39, 0.29) is 0 Å². The van der Waals surface area contributed by atoms with Gasteiger partial charge in [-0.15, -0.1) is 0 Å². The van der Waals surface area contributed by atoms with E-state index in [1.54, 1.807) is 0 Å². The third kappa shape index (κ3) is 8.44. The summed E-state index contributed by atoms with van der Waals surface area (Å²) in [6, 6.07) is 25.3. The van der Waals surface area contributed by atoms with Gasteiger partial charge in [0.2, 0.25) is 0 Å². The van der Waals surface area contributed by atoms with E-state index >= 15 is 0 Å². The predicted octanol–water partition coefficient (Wildman–Crippen LogP) is 4.41. The number of hydrogen-bond acceptors (Lipinski definition) is 12. The largest absolute Gasteiger partial charge is 0.281 e. The minimum absolute atomic E-state index is 0.310. The van der Waals surface area contributed by atoms with Gasteiger partial charge in [0.25, 0.3) is 0 Å². The molecular formula is C44H60N12. The Kier molecular flexibility index (Phi) is 12.3. The van der Waals surface area contributed by atoms with Gasteiger partial charge in [-0.2, -0.15) is 0 Å². The summed E-state index contributed by atoms with van der Waals surface area (Å²) in [4.78, 5) is 40.1. The maximum absolute atomic E-state index is 4.73. The smallest absolute Gasteiger partial charge is 0.106 e. The first kappa shape index (κ1) is 37.8. The van der Waals surface area contributed by atoms with Gasteiger partial charge in [-0.3, -0.25) is 59.1 Å². The van der Waals surface area contributed by atoms with Crippen LogP contribution in [0.3, 0.4) is 0 Å². The van der Waals surface area contributed by atoms with Crippen molar-refractivity contribution in [3.05, 3.63) is 120 Å². The highest BCUT2D eigenvalue weighted by molar-refractivity contribution is 5.14. The lowest BCUT2D eigenvalue weighted by Crippen LogP contribution is -2.57. The molecule has 0 aromatic carbocycles. The summed E-state index contributed by atoms with van der Waals surface area (Å²) in [7, 11) is 0. The van der Waals surface area contributed by atoms with Crippen molar-refractivity contribution < 1.29 is 0 Å². The van der Waals surface area contributed by atoms with Crippen LogP contribution in [-0.4, -0.2) is 164 Å². The molecule has 8 atom stereocenters. The van der Waals surface area contributed by atoms with Crippen LogP contribution < -0.4 is 0 Å². The Balaban J connectivity index is 0.000000146. The molecule has 6 aliphatic heterocycles. The van der Waals surface area contributed by atoms with Gasteiger partial charge in [0.15, 0.2) is 0 Å². The van der Waals surface area contributed by atoms with Crippen LogP contribution in [0.5, 0.6) is 0 Å². The third-order valence-electron chi connectivity index (χ3n) is 12.8. The van der Waals surface area contributed by atoms with Gasteiger partial charge in [0.1, 0.15) is 24.7 Å². The van der Waals surface area contributed by atoms with Gasteiger partial charge in [-0.1, -0.05) is 24.3 Å². The molecule has 0 aliphatic carbocycles. The first-order chi connectivity index (χ1) is 27.8. The van der Waals surface area contributed by atoms with Crippen molar-refractivity contribution in [3.63, 3.8) is 0 Å². The maximum Gasteiger partial charge on any atom is 0.106 e. The SMILES string of the molecule is c1ccc(C2N3CCCN2CCN2CCCN(CC3)C2c2ccccn2)nc1.c1ccc(C2N3CCCN2CCN2CCCN(CC3)C2c2ccccn2)nc1. The van der Waals surface area contributed by atoms with Crippen LogP contribution in [-0.2, 0) is 0 Å². The van der Waals surface area contributed by atoms with Crippen LogP contribution in [0.1, 0.15) is 73.1 Å². The maximum atomic E-state index is 4.73. The van der Waals surface area contributed by atoms with Gasteiger partial charge < -0.3 is 0 Å². The van der Waals surface area contributed by atoms with Crippen LogP contribution >= 0.6 is 0 Å². The Bertz CT molecular complexity index is 1460. The molecule has 6 fully saturated rings. The minimum atomic E-state index is 0.310. The normalized spacial score (nSPS) is 35.9. The van der Waals surface area contributed by atoms with E-state index in [9.17, 15) is 0 Å². The summed E-state index contributed by atoms with van der Waals surface area (Å²) in [6.45, 7) is 17.9. The summed E-state index contributed by atoms with van der Waals surface area (Å²) < 4.78 is 0. The van der Waals surface area contributed by atoms with E-state index < -0.39 is 0 Å². The van der Waals surface area contributed by atoms with E-state index in [1.807, 2.05) is 49.1 Å². The fourth-order valence-electron chi connectivity index (χ4n) is 10.3. The molecule has 6 saturated heterocycles. The summed E-state index contributed by atoms with van der Waals surface area (Å²) in [5.74, 6) is 0. The lowest BCUT2D eigenvalue weighted by molar-refractivity contribution is -0.0633. The molecule has 8 unspecified atom stereocenters. The number of fused-ring (bicyclic) bond motifs is 8. The summed E-state index contributed by atoms with van der Waals surface area (Å²) >= 11 is 0. The number of rotatable bonds is 4. The van der Waals surface area contributed by atoms with Gasteiger partial charge in [0, 0.05) is 130 Å². The van der Waals surface area contributed by atoms with E-state index in [0.717, 1.165) is 105 Å². The Morgan fingerprint density at radius 1 is 0.268 bits per heavy atom. The van der Waals surface area contributed by atoms with Crippen molar-refractivity contribution in [1.29, 1.82) is 0 Å². The highest BCUT2D eigenvalue weighted by atomic mass is 15.5. The van der Waals surface area contributed by atoms with Gasteiger partial charge in [0.05, 0.1) is 22.8 Å². The Hall–Kier alpha value is -3.72. The van der Waals surface area contributed by atoms with Crippen molar-refractivity contribution in [2.24, 2.45) is 0 Å². The quantitative estimate of drug-likeness (QED) is 0.297. The number of aromatic nitrogens is 4. The van der Waals surface area contributed by atoms with E-state index in [4.69, 9.17) is 19.9 Å². The highest BCUT2D eigenvalue weighted by Crippen LogP contribution is 2.34. The second kappa shape index (κ2) is 18.3. The molecule has 0 saturated carbocycles. The molecule has 4 aromatic rings. The number of pyridine rings is 4. The first-order valence-electron chi connectivity index (χ1n) is 21.4. The lowest BCUT2D eigenvalue weighted by Gasteiger charge is -2.50. The second-order valence-electron chi connectivity index (χ2n) is 16.2. The van der Waals surface area contributed by atoms with Crippen molar-refractivity contribution in [1.82, 2.24) is 59.1 Å². The van der Waals surface area contributed by atoms with Crippen molar-refractivity contribution in [3.8, 4) is 0 Å². The monoisotopic (exact) mass is 757 g/mol. The van der Waals surface area contributed by atoms with Gasteiger partial charge in [-0.05, 0) is 74.2 Å². The Labute approximate surface area is 333 Å². The van der Waals surface area contributed by atoms with Crippen molar-refractivity contribution in [2.45, 2.75) is 50.3 Å². The topological polar surface area (TPSA) is 77.5 Å². The molecule has 0 N–H and O–H groups in total. The lowest BCUT2D eigenvalue weighted by atomic mass is 10.1.